The average Bonchev–Trinajstić information content (AvgIpc) is 3.46. The third-order valence-electron chi connectivity index (χ3n) is 8.95. The number of esters is 2. The number of aliphatic hydroxyl groups is 1. The van der Waals surface area contributed by atoms with Crippen LogP contribution in [0.15, 0.2) is 42.1 Å². The van der Waals surface area contributed by atoms with E-state index in [1.54, 1.807) is 18.3 Å². The molecule has 1 spiro atoms. The highest BCUT2D eigenvalue weighted by Crippen LogP contribution is 2.61. The molecular weight excluding hydrogens is 462 g/mol. The molecule has 2 aliphatic heterocycles. The van der Waals surface area contributed by atoms with Gasteiger partial charge in [-0.15, -0.1) is 0 Å². The molecule has 11 atom stereocenters. The molecule has 1 aromatic rings. The lowest BCUT2D eigenvalue weighted by atomic mass is 9.57. The van der Waals surface area contributed by atoms with E-state index in [9.17, 15) is 14.7 Å². The number of H-pyrrole nitrogens is 1. The first-order chi connectivity index (χ1) is 17.2. The van der Waals surface area contributed by atoms with Crippen molar-refractivity contribution >= 4 is 11.9 Å². The number of aromatic amines is 1. The molecule has 8 heteroatoms. The minimum atomic E-state index is -0.841. The second-order valence-corrected chi connectivity index (χ2v) is 10.8. The molecule has 2 aliphatic carbocycles. The summed E-state index contributed by atoms with van der Waals surface area (Å²) in [5.41, 5.74) is 0.532. The molecular formula is C28H37NO7. The number of aliphatic hydroxyl groups excluding tert-OH is 1. The molecule has 0 amide bonds. The molecule has 1 saturated heterocycles. The van der Waals surface area contributed by atoms with E-state index in [1.165, 1.54) is 7.11 Å². The van der Waals surface area contributed by atoms with Gasteiger partial charge in [0.05, 0.1) is 6.10 Å². The standard InChI is InChI=1S/C28H37NO7/c1-6-20-14(2)12-15(3)28-17(13-21(33-5)27(32)34-20)9-10-18-22(28)23(30)16(4)24(25(18)36-28)35-26(31)19-8-7-11-29-19/h7-12,14,16-18,20-25,29-30H,6,13H2,1-5H3/t14-,16-,17-,18-,20-,21+,22+,23-,24-,25-,28-/m1/s1. The predicted octanol–water partition coefficient (Wildman–Crippen LogP) is 3.43. The van der Waals surface area contributed by atoms with Gasteiger partial charge in [0.25, 0.3) is 0 Å². The molecule has 0 unspecified atom stereocenters. The normalized spacial score (nSPS) is 43.8. The second kappa shape index (κ2) is 9.47. The maximum absolute atomic E-state index is 13.0. The number of carbonyl (C=O) groups is 2. The summed E-state index contributed by atoms with van der Waals surface area (Å²) in [4.78, 5) is 28.8. The lowest BCUT2D eigenvalue weighted by molar-refractivity contribution is -0.166. The molecule has 1 aromatic heterocycles. The van der Waals surface area contributed by atoms with E-state index in [4.69, 9.17) is 18.9 Å². The van der Waals surface area contributed by atoms with Crippen LogP contribution in [0.1, 0.15) is 51.0 Å². The fourth-order valence-electron chi connectivity index (χ4n) is 7.09. The minimum Gasteiger partial charge on any atom is -0.460 e. The molecule has 5 rings (SSSR count). The fraction of sp³-hybridized carbons (Fsp3) is 0.643. The number of rotatable bonds is 4. The number of nitrogens with one attached hydrogen (secondary N) is 1. The monoisotopic (exact) mass is 499 g/mol. The SMILES string of the molecule is CC[C@H]1OC(=O)[C@@H](OC)C[C@H]2C=C[C@H]3[C@H]4O[C@@]2(C(C)=C[C@H]1C)[C@@H]3[C@H](O)[C@@H](C)[C@H]4OC(=O)c1ccc[nH]1. The smallest absolute Gasteiger partial charge is 0.355 e. The largest absolute Gasteiger partial charge is 0.460 e. The third kappa shape index (κ3) is 3.76. The van der Waals surface area contributed by atoms with Gasteiger partial charge in [0.1, 0.15) is 29.6 Å². The van der Waals surface area contributed by atoms with E-state index in [1.807, 2.05) is 20.8 Å². The van der Waals surface area contributed by atoms with E-state index < -0.39 is 36.0 Å². The predicted molar refractivity (Wildman–Crippen MR) is 131 cm³/mol. The van der Waals surface area contributed by atoms with Crippen LogP contribution in [0.5, 0.6) is 0 Å². The Morgan fingerprint density at radius 1 is 1.31 bits per heavy atom. The lowest BCUT2D eigenvalue weighted by Crippen LogP contribution is -2.57. The average molecular weight is 500 g/mol. The summed E-state index contributed by atoms with van der Waals surface area (Å²) >= 11 is 0. The van der Waals surface area contributed by atoms with Crippen molar-refractivity contribution in [2.45, 2.75) is 76.7 Å². The van der Waals surface area contributed by atoms with E-state index in [0.29, 0.717) is 18.5 Å². The van der Waals surface area contributed by atoms with Crippen molar-refractivity contribution in [3.8, 4) is 0 Å². The molecule has 1 saturated carbocycles. The molecule has 36 heavy (non-hydrogen) atoms. The maximum Gasteiger partial charge on any atom is 0.355 e. The Bertz CT molecular complexity index is 1050. The first-order valence-corrected chi connectivity index (χ1v) is 13.0. The molecule has 0 radical (unpaired) electrons. The van der Waals surface area contributed by atoms with Crippen molar-refractivity contribution in [3.63, 3.8) is 0 Å². The lowest BCUT2D eigenvalue weighted by Gasteiger charge is -2.48. The summed E-state index contributed by atoms with van der Waals surface area (Å²) in [5.74, 6) is -1.78. The Kier molecular flexibility index (Phi) is 6.64. The first kappa shape index (κ1) is 25.2. The number of hydrogen-bond acceptors (Lipinski definition) is 7. The molecule has 2 fully saturated rings. The molecule has 4 aliphatic rings. The Labute approximate surface area is 212 Å². The van der Waals surface area contributed by atoms with Crippen LogP contribution in [0.4, 0.5) is 0 Å². The van der Waals surface area contributed by atoms with Gasteiger partial charge in [-0.3, -0.25) is 0 Å². The van der Waals surface area contributed by atoms with Gasteiger partial charge in [-0.2, -0.15) is 0 Å². The Morgan fingerprint density at radius 2 is 2.08 bits per heavy atom. The van der Waals surface area contributed by atoms with E-state index in [0.717, 1.165) is 5.57 Å². The summed E-state index contributed by atoms with van der Waals surface area (Å²) in [6.07, 6.45) is 6.19. The van der Waals surface area contributed by atoms with Crippen LogP contribution in [-0.4, -0.2) is 65.3 Å². The van der Waals surface area contributed by atoms with Gasteiger partial charge < -0.3 is 29.0 Å². The van der Waals surface area contributed by atoms with Gasteiger partial charge in [0.15, 0.2) is 6.10 Å². The van der Waals surface area contributed by atoms with Crippen molar-refractivity contribution in [3.05, 3.63) is 47.8 Å². The molecule has 196 valence electrons. The fourth-order valence-corrected chi connectivity index (χ4v) is 7.09. The number of aromatic nitrogens is 1. The van der Waals surface area contributed by atoms with Gasteiger partial charge in [0.2, 0.25) is 0 Å². The van der Waals surface area contributed by atoms with Crippen molar-refractivity contribution in [2.24, 2.45) is 29.6 Å². The van der Waals surface area contributed by atoms with Crippen LogP contribution in [0.2, 0.25) is 0 Å². The summed E-state index contributed by atoms with van der Waals surface area (Å²) in [5, 5.41) is 11.7. The minimum absolute atomic E-state index is 0.0472. The van der Waals surface area contributed by atoms with Crippen LogP contribution in [0, 0.1) is 29.6 Å². The number of carbonyl (C=O) groups excluding carboxylic acids is 2. The zero-order valence-electron chi connectivity index (χ0n) is 21.5. The summed E-state index contributed by atoms with van der Waals surface area (Å²) in [6, 6.07) is 3.41. The number of methoxy groups -OCH3 is 1. The topological polar surface area (TPSA) is 107 Å². The van der Waals surface area contributed by atoms with Gasteiger partial charge in [-0.1, -0.05) is 39.0 Å². The van der Waals surface area contributed by atoms with E-state index in [-0.39, 0.29) is 41.7 Å². The van der Waals surface area contributed by atoms with Crippen LogP contribution >= 0.6 is 0 Å². The quantitative estimate of drug-likeness (QED) is 0.483. The van der Waals surface area contributed by atoms with E-state index >= 15 is 0 Å². The first-order valence-electron chi connectivity index (χ1n) is 13.0. The molecule has 4 bridgehead atoms. The van der Waals surface area contributed by atoms with E-state index in [2.05, 4.69) is 30.1 Å². The van der Waals surface area contributed by atoms with Crippen molar-refractivity contribution in [1.29, 1.82) is 0 Å². The Hall–Kier alpha value is -2.42. The van der Waals surface area contributed by atoms with Crippen molar-refractivity contribution < 1.29 is 33.6 Å². The highest BCUT2D eigenvalue weighted by Gasteiger charge is 2.69. The van der Waals surface area contributed by atoms with Crippen LogP contribution in [0.25, 0.3) is 0 Å². The maximum atomic E-state index is 13.0. The zero-order valence-corrected chi connectivity index (χ0v) is 21.5. The number of cyclic esters (lactones) is 1. The summed E-state index contributed by atoms with van der Waals surface area (Å²) in [7, 11) is 1.52. The zero-order chi connectivity index (χ0) is 25.8. The number of ether oxygens (including phenoxy) is 4. The molecule has 2 N–H and O–H groups in total. The van der Waals surface area contributed by atoms with Crippen LogP contribution in [0.3, 0.4) is 0 Å². The second-order valence-electron chi connectivity index (χ2n) is 10.8. The van der Waals surface area contributed by atoms with Gasteiger partial charge in [-0.25, -0.2) is 9.59 Å². The summed E-state index contributed by atoms with van der Waals surface area (Å²) < 4.78 is 24.4. The van der Waals surface area contributed by atoms with Crippen LogP contribution < -0.4 is 0 Å². The van der Waals surface area contributed by atoms with Gasteiger partial charge in [0, 0.05) is 42.9 Å². The van der Waals surface area contributed by atoms with Crippen molar-refractivity contribution in [1.82, 2.24) is 4.98 Å². The highest BCUT2D eigenvalue weighted by atomic mass is 16.6. The Morgan fingerprint density at radius 3 is 2.75 bits per heavy atom. The number of hydrogen-bond donors (Lipinski definition) is 2. The molecule has 8 nitrogen and oxygen atoms in total. The Balaban J connectivity index is 1.57. The van der Waals surface area contributed by atoms with Gasteiger partial charge in [-0.05, 0) is 37.5 Å². The third-order valence-corrected chi connectivity index (χ3v) is 8.95. The molecule has 0 aromatic carbocycles. The summed E-state index contributed by atoms with van der Waals surface area (Å²) in [6.45, 7) is 8.01. The van der Waals surface area contributed by atoms with Crippen LogP contribution in [-0.2, 0) is 23.7 Å². The molecule has 3 heterocycles. The van der Waals surface area contributed by atoms with Gasteiger partial charge >= 0.3 is 11.9 Å². The van der Waals surface area contributed by atoms with Crippen molar-refractivity contribution in [2.75, 3.05) is 7.11 Å². The highest BCUT2D eigenvalue weighted by molar-refractivity contribution is 5.87.